The zero-order valence-electron chi connectivity index (χ0n) is 6.53. The van der Waals surface area contributed by atoms with Crippen LogP contribution in [0.2, 0.25) is 0 Å². The normalized spacial score (nSPS) is 41.7. The van der Waals surface area contributed by atoms with E-state index in [1.54, 1.807) is 0 Å². The van der Waals surface area contributed by atoms with Crippen molar-refractivity contribution in [3.63, 3.8) is 0 Å². The molecule has 0 amide bonds. The Morgan fingerprint density at radius 2 is 2.36 bits per heavy atom. The van der Waals surface area contributed by atoms with Crippen molar-refractivity contribution < 1.29 is 14.6 Å². The Morgan fingerprint density at radius 3 is 3.18 bits per heavy atom. The van der Waals surface area contributed by atoms with Crippen LogP contribution in [0.5, 0.6) is 0 Å². The van der Waals surface area contributed by atoms with Gasteiger partial charge in [-0.25, -0.2) is 0 Å². The predicted molar refractivity (Wildman–Crippen MR) is 39.3 cm³/mol. The van der Waals surface area contributed by atoms with Gasteiger partial charge in [0.1, 0.15) is 6.10 Å². The van der Waals surface area contributed by atoms with E-state index in [1.165, 1.54) is 12.8 Å². The van der Waals surface area contributed by atoms with E-state index in [0.29, 0.717) is 18.8 Å². The van der Waals surface area contributed by atoms with Gasteiger partial charge in [-0.3, -0.25) is 0 Å². The molecule has 1 aliphatic carbocycles. The van der Waals surface area contributed by atoms with Crippen LogP contribution >= 0.6 is 0 Å². The lowest BCUT2D eigenvalue weighted by Crippen LogP contribution is -2.26. The maximum absolute atomic E-state index is 8.53. The molecule has 0 radical (unpaired) electrons. The molecule has 0 spiro atoms. The highest BCUT2D eigenvalue weighted by Gasteiger charge is 2.47. The van der Waals surface area contributed by atoms with Gasteiger partial charge < -0.3 is 14.6 Å². The molecule has 3 nitrogen and oxygen atoms in total. The highest BCUT2D eigenvalue weighted by molar-refractivity contribution is 4.95. The van der Waals surface area contributed by atoms with Crippen molar-refractivity contribution in [2.45, 2.75) is 37.6 Å². The highest BCUT2D eigenvalue weighted by atomic mass is 16.6. The fourth-order valence-corrected chi connectivity index (χ4v) is 1.78. The minimum atomic E-state index is 0.119. The number of aliphatic hydroxyl groups is 1. The lowest BCUT2D eigenvalue weighted by molar-refractivity contribution is 0.00596. The first-order chi connectivity index (χ1) is 5.42. The second-order valence-electron chi connectivity index (χ2n) is 3.20. The molecule has 2 rings (SSSR count). The van der Waals surface area contributed by atoms with Gasteiger partial charge in [0.2, 0.25) is 0 Å². The van der Waals surface area contributed by atoms with Gasteiger partial charge in [-0.05, 0) is 19.3 Å². The fraction of sp³-hybridized carbons (Fsp3) is 1.00. The van der Waals surface area contributed by atoms with Crippen molar-refractivity contribution in [2.24, 2.45) is 0 Å². The van der Waals surface area contributed by atoms with Crippen molar-refractivity contribution in [2.75, 3.05) is 13.2 Å². The molecule has 0 bridgehead atoms. The van der Waals surface area contributed by atoms with Crippen molar-refractivity contribution in [3.8, 4) is 0 Å². The lowest BCUT2D eigenvalue weighted by Gasteiger charge is -2.17. The number of epoxide rings is 1. The third kappa shape index (κ3) is 1.55. The second kappa shape index (κ2) is 3.09. The molecule has 0 aromatic heterocycles. The molecule has 11 heavy (non-hydrogen) atoms. The minimum Gasteiger partial charge on any atom is -0.394 e. The molecular weight excluding hydrogens is 144 g/mol. The van der Waals surface area contributed by atoms with Crippen LogP contribution in [0.25, 0.3) is 0 Å². The van der Waals surface area contributed by atoms with Gasteiger partial charge in [0, 0.05) is 0 Å². The molecule has 1 aliphatic heterocycles. The van der Waals surface area contributed by atoms with Crippen LogP contribution in [0.4, 0.5) is 0 Å². The lowest BCUT2D eigenvalue weighted by atomic mass is 9.98. The summed E-state index contributed by atoms with van der Waals surface area (Å²) in [5, 5.41) is 8.53. The van der Waals surface area contributed by atoms with Crippen LogP contribution < -0.4 is 0 Å². The van der Waals surface area contributed by atoms with Crippen LogP contribution in [0.15, 0.2) is 0 Å². The highest BCUT2D eigenvalue weighted by Crippen LogP contribution is 2.37. The molecule has 3 heteroatoms. The standard InChI is InChI=1S/C8H14O3/c9-4-5-10-6-2-1-3-7-8(6)11-7/h6-9H,1-5H2. The number of fused-ring (bicyclic) bond motifs is 1. The first-order valence-corrected chi connectivity index (χ1v) is 4.30. The quantitative estimate of drug-likeness (QED) is 0.601. The summed E-state index contributed by atoms with van der Waals surface area (Å²) in [6.07, 6.45) is 4.60. The van der Waals surface area contributed by atoms with E-state index in [0.717, 1.165) is 6.42 Å². The van der Waals surface area contributed by atoms with Crippen molar-refractivity contribution in [1.82, 2.24) is 0 Å². The predicted octanol–water partition coefficient (Wildman–Crippen LogP) is 0.315. The summed E-state index contributed by atoms with van der Waals surface area (Å²) in [7, 11) is 0. The Hall–Kier alpha value is -0.120. The molecule has 3 atom stereocenters. The first-order valence-electron chi connectivity index (χ1n) is 4.30. The minimum absolute atomic E-state index is 0.119. The van der Waals surface area contributed by atoms with Crippen LogP contribution in [-0.4, -0.2) is 36.6 Å². The maximum atomic E-state index is 8.53. The zero-order chi connectivity index (χ0) is 7.68. The summed E-state index contributed by atoms with van der Waals surface area (Å²) >= 11 is 0. The number of hydrogen-bond acceptors (Lipinski definition) is 3. The Labute approximate surface area is 66.3 Å². The van der Waals surface area contributed by atoms with Crippen molar-refractivity contribution in [3.05, 3.63) is 0 Å². The van der Waals surface area contributed by atoms with Crippen LogP contribution in [0, 0.1) is 0 Å². The summed E-state index contributed by atoms with van der Waals surface area (Å²) in [5.74, 6) is 0. The van der Waals surface area contributed by atoms with Crippen molar-refractivity contribution >= 4 is 0 Å². The molecule has 64 valence electrons. The van der Waals surface area contributed by atoms with Crippen LogP contribution in [0.1, 0.15) is 19.3 Å². The molecule has 0 aromatic rings. The Morgan fingerprint density at radius 1 is 1.45 bits per heavy atom. The van der Waals surface area contributed by atoms with Gasteiger partial charge in [0.15, 0.2) is 0 Å². The summed E-state index contributed by atoms with van der Waals surface area (Å²) in [6, 6.07) is 0. The molecule has 3 unspecified atom stereocenters. The van der Waals surface area contributed by atoms with Gasteiger partial charge in [0.05, 0.1) is 25.4 Å². The Kier molecular flexibility index (Phi) is 2.11. The zero-order valence-corrected chi connectivity index (χ0v) is 6.53. The largest absolute Gasteiger partial charge is 0.394 e. The van der Waals surface area contributed by atoms with Gasteiger partial charge >= 0.3 is 0 Å². The van der Waals surface area contributed by atoms with E-state index in [2.05, 4.69) is 0 Å². The van der Waals surface area contributed by atoms with Crippen molar-refractivity contribution in [1.29, 1.82) is 0 Å². The van der Waals surface area contributed by atoms with Gasteiger partial charge in [-0.1, -0.05) is 0 Å². The van der Waals surface area contributed by atoms with E-state index < -0.39 is 0 Å². The van der Waals surface area contributed by atoms with Gasteiger partial charge in [-0.2, -0.15) is 0 Å². The average molecular weight is 158 g/mol. The van der Waals surface area contributed by atoms with E-state index in [9.17, 15) is 0 Å². The third-order valence-corrected chi connectivity index (χ3v) is 2.39. The van der Waals surface area contributed by atoms with E-state index in [1.807, 2.05) is 0 Å². The molecule has 2 aliphatic rings. The second-order valence-corrected chi connectivity index (χ2v) is 3.20. The van der Waals surface area contributed by atoms with Crippen LogP contribution in [0.3, 0.4) is 0 Å². The molecule has 1 saturated carbocycles. The smallest absolute Gasteiger partial charge is 0.110 e. The number of rotatable bonds is 3. The summed E-state index contributed by atoms with van der Waals surface area (Å²) in [6.45, 7) is 0.575. The molecule has 1 saturated heterocycles. The summed E-state index contributed by atoms with van der Waals surface area (Å²) in [4.78, 5) is 0. The Balaban J connectivity index is 1.75. The third-order valence-electron chi connectivity index (χ3n) is 2.39. The monoisotopic (exact) mass is 158 g/mol. The summed E-state index contributed by atoms with van der Waals surface area (Å²) < 4.78 is 10.8. The van der Waals surface area contributed by atoms with E-state index >= 15 is 0 Å². The van der Waals surface area contributed by atoms with E-state index in [4.69, 9.17) is 14.6 Å². The number of hydrogen-bond donors (Lipinski definition) is 1. The molecular formula is C8H14O3. The molecule has 1 N–H and O–H groups in total. The molecule has 1 heterocycles. The van der Waals surface area contributed by atoms with Crippen LogP contribution in [-0.2, 0) is 9.47 Å². The average Bonchev–Trinajstić information content (AvgIpc) is 2.79. The van der Waals surface area contributed by atoms with Gasteiger partial charge in [-0.15, -0.1) is 0 Å². The molecule has 2 fully saturated rings. The maximum Gasteiger partial charge on any atom is 0.110 e. The summed E-state index contributed by atoms with van der Waals surface area (Å²) in [5.41, 5.74) is 0. The molecule has 0 aromatic carbocycles. The number of ether oxygens (including phenoxy) is 2. The topological polar surface area (TPSA) is 42.0 Å². The first kappa shape index (κ1) is 7.53. The SMILES string of the molecule is OCCOC1CCCC2OC12. The Bertz CT molecular complexity index is 137. The fourth-order valence-electron chi connectivity index (χ4n) is 1.78. The van der Waals surface area contributed by atoms with E-state index in [-0.39, 0.29) is 12.7 Å². The number of aliphatic hydroxyl groups excluding tert-OH is 1. The van der Waals surface area contributed by atoms with Gasteiger partial charge in [0.25, 0.3) is 0 Å².